The molecule has 116 valence electrons. The van der Waals surface area contributed by atoms with Gasteiger partial charge in [-0.2, -0.15) is 0 Å². The van der Waals surface area contributed by atoms with Gasteiger partial charge in [-0.3, -0.25) is 0 Å². The van der Waals surface area contributed by atoms with Gasteiger partial charge in [-0.1, -0.05) is 50.5 Å². The maximum atomic E-state index is 6.24. The normalized spacial score (nSPS) is 26.0. The first-order valence-electron chi connectivity index (χ1n) is 8.77. The molecule has 2 aliphatic carbocycles. The Morgan fingerprint density at radius 2 is 1.90 bits per heavy atom. The van der Waals surface area contributed by atoms with Crippen LogP contribution >= 0.6 is 0 Å². The van der Waals surface area contributed by atoms with Crippen molar-refractivity contribution in [2.24, 2.45) is 5.92 Å². The molecule has 3 rings (SSSR count). The molecule has 2 aliphatic rings. The monoisotopic (exact) mass is 287 g/mol. The highest BCUT2D eigenvalue weighted by Crippen LogP contribution is 2.29. The van der Waals surface area contributed by atoms with E-state index in [-0.39, 0.29) is 0 Å². The molecule has 1 aromatic rings. The fourth-order valence-electron chi connectivity index (χ4n) is 3.38. The Hall–Kier alpha value is -0.860. The predicted octanol–water partition coefficient (Wildman–Crippen LogP) is 4.42. The molecule has 21 heavy (non-hydrogen) atoms. The van der Waals surface area contributed by atoms with E-state index in [9.17, 15) is 0 Å². The first kappa shape index (κ1) is 15.1. The molecule has 0 heterocycles. The van der Waals surface area contributed by atoms with Crippen LogP contribution in [0, 0.1) is 5.92 Å². The Morgan fingerprint density at radius 1 is 1.10 bits per heavy atom. The highest BCUT2D eigenvalue weighted by Gasteiger charge is 2.22. The average Bonchev–Trinajstić information content (AvgIpc) is 3.36. The SMILES string of the molecule is CCC1CCCC(OCc2ccccc2CNC2CC2)C1. The number of hydrogen-bond acceptors (Lipinski definition) is 2. The zero-order valence-corrected chi connectivity index (χ0v) is 13.3. The van der Waals surface area contributed by atoms with Crippen LogP contribution in [0.25, 0.3) is 0 Å². The zero-order chi connectivity index (χ0) is 14.5. The standard InChI is InChI=1S/C19H29NO/c1-2-15-6-5-9-19(12-15)21-14-17-8-4-3-7-16(17)13-20-18-10-11-18/h3-4,7-8,15,18-20H,2,5-6,9-14H2,1H3. The summed E-state index contributed by atoms with van der Waals surface area (Å²) in [6, 6.07) is 9.51. The van der Waals surface area contributed by atoms with Crippen LogP contribution in [0.3, 0.4) is 0 Å². The van der Waals surface area contributed by atoms with Crippen molar-refractivity contribution < 1.29 is 4.74 Å². The van der Waals surface area contributed by atoms with Crippen LogP contribution in [0.15, 0.2) is 24.3 Å². The lowest BCUT2D eigenvalue weighted by Gasteiger charge is -2.28. The first-order chi connectivity index (χ1) is 10.3. The van der Waals surface area contributed by atoms with Gasteiger partial charge >= 0.3 is 0 Å². The van der Waals surface area contributed by atoms with Crippen molar-refractivity contribution in [1.29, 1.82) is 0 Å². The van der Waals surface area contributed by atoms with Gasteiger partial charge < -0.3 is 10.1 Å². The summed E-state index contributed by atoms with van der Waals surface area (Å²) >= 11 is 0. The lowest BCUT2D eigenvalue weighted by molar-refractivity contribution is 0.00146. The molecule has 0 aliphatic heterocycles. The summed E-state index contributed by atoms with van der Waals surface area (Å²) in [7, 11) is 0. The molecule has 2 fully saturated rings. The Kier molecular flexibility index (Phi) is 5.32. The van der Waals surface area contributed by atoms with Crippen LogP contribution in [0.1, 0.15) is 63.0 Å². The molecule has 0 bridgehead atoms. The molecule has 1 aromatic carbocycles. The number of hydrogen-bond donors (Lipinski definition) is 1. The first-order valence-corrected chi connectivity index (χ1v) is 8.77. The van der Waals surface area contributed by atoms with Crippen molar-refractivity contribution in [3.05, 3.63) is 35.4 Å². The minimum absolute atomic E-state index is 0.480. The van der Waals surface area contributed by atoms with E-state index in [1.807, 2.05) is 0 Å². The molecule has 2 heteroatoms. The summed E-state index contributed by atoms with van der Waals surface area (Å²) in [5.74, 6) is 0.885. The second kappa shape index (κ2) is 7.42. The number of benzene rings is 1. The maximum Gasteiger partial charge on any atom is 0.0723 e. The van der Waals surface area contributed by atoms with E-state index in [0.717, 1.165) is 25.1 Å². The topological polar surface area (TPSA) is 21.3 Å². The molecule has 2 nitrogen and oxygen atoms in total. The fourth-order valence-corrected chi connectivity index (χ4v) is 3.38. The number of ether oxygens (including phenoxy) is 1. The Bertz CT molecular complexity index is 441. The van der Waals surface area contributed by atoms with Crippen molar-refractivity contribution >= 4 is 0 Å². The Morgan fingerprint density at radius 3 is 2.67 bits per heavy atom. The highest BCUT2D eigenvalue weighted by molar-refractivity contribution is 5.26. The summed E-state index contributed by atoms with van der Waals surface area (Å²) < 4.78 is 6.24. The molecule has 2 atom stereocenters. The van der Waals surface area contributed by atoms with Crippen molar-refractivity contribution in [2.45, 2.75) is 77.2 Å². The van der Waals surface area contributed by atoms with Crippen molar-refractivity contribution in [1.82, 2.24) is 5.32 Å². The van der Waals surface area contributed by atoms with Gasteiger partial charge in [-0.05, 0) is 42.7 Å². The van der Waals surface area contributed by atoms with Gasteiger partial charge in [0.05, 0.1) is 12.7 Å². The number of rotatable bonds is 7. The van der Waals surface area contributed by atoms with E-state index in [1.165, 1.54) is 56.1 Å². The maximum absolute atomic E-state index is 6.24. The van der Waals surface area contributed by atoms with Gasteiger partial charge in [0.15, 0.2) is 0 Å². The summed E-state index contributed by atoms with van der Waals surface area (Å²) in [4.78, 5) is 0. The lowest BCUT2D eigenvalue weighted by Crippen LogP contribution is -2.23. The molecule has 0 radical (unpaired) electrons. The molecule has 2 unspecified atom stereocenters. The molecular weight excluding hydrogens is 258 g/mol. The van der Waals surface area contributed by atoms with Gasteiger partial charge in [-0.25, -0.2) is 0 Å². The third-order valence-electron chi connectivity index (χ3n) is 5.06. The molecule has 2 saturated carbocycles. The molecule has 0 spiro atoms. The van der Waals surface area contributed by atoms with Crippen LogP contribution in [-0.4, -0.2) is 12.1 Å². The fraction of sp³-hybridized carbons (Fsp3) is 0.684. The number of nitrogens with one attached hydrogen (secondary N) is 1. The van der Waals surface area contributed by atoms with Crippen LogP contribution < -0.4 is 5.32 Å². The van der Waals surface area contributed by atoms with Gasteiger partial charge in [0.25, 0.3) is 0 Å². The van der Waals surface area contributed by atoms with E-state index < -0.39 is 0 Å². The second-order valence-electron chi connectivity index (χ2n) is 6.80. The summed E-state index contributed by atoms with van der Waals surface area (Å²) in [5, 5.41) is 3.61. The Labute approximate surface area is 129 Å². The second-order valence-corrected chi connectivity index (χ2v) is 6.80. The van der Waals surface area contributed by atoms with Crippen molar-refractivity contribution in [3.8, 4) is 0 Å². The summed E-state index contributed by atoms with van der Waals surface area (Å²) in [6.07, 6.45) is 9.73. The third kappa shape index (κ3) is 4.55. The summed E-state index contributed by atoms with van der Waals surface area (Å²) in [5.41, 5.74) is 2.77. The van der Waals surface area contributed by atoms with Gasteiger partial charge in [-0.15, -0.1) is 0 Å². The third-order valence-corrected chi connectivity index (χ3v) is 5.06. The van der Waals surface area contributed by atoms with E-state index in [0.29, 0.717) is 6.10 Å². The minimum Gasteiger partial charge on any atom is -0.374 e. The lowest BCUT2D eigenvalue weighted by atomic mass is 9.85. The van der Waals surface area contributed by atoms with Crippen LogP contribution in [0.4, 0.5) is 0 Å². The average molecular weight is 287 g/mol. The van der Waals surface area contributed by atoms with E-state index in [2.05, 4.69) is 36.5 Å². The van der Waals surface area contributed by atoms with Gasteiger partial charge in [0.1, 0.15) is 0 Å². The largest absolute Gasteiger partial charge is 0.374 e. The quantitative estimate of drug-likeness (QED) is 0.801. The van der Waals surface area contributed by atoms with Crippen LogP contribution in [-0.2, 0) is 17.9 Å². The minimum atomic E-state index is 0.480. The zero-order valence-electron chi connectivity index (χ0n) is 13.3. The molecular formula is C19H29NO. The van der Waals surface area contributed by atoms with Gasteiger partial charge in [0.2, 0.25) is 0 Å². The highest BCUT2D eigenvalue weighted by atomic mass is 16.5. The summed E-state index contributed by atoms with van der Waals surface area (Å²) in [6.45, 7) is 4.09. The molecule has 0 amide bonds. The van der Waals surface area contributed by atoms with E-state index in [1.54, 1.807) is 0 Å². The van der Waals surface area contributed by atoms with Crippen molar-refractivity contribution in [3.63, 3.8) is 0 Å². The van der Waals surface area contributed by atoms with Crippen LogP contribution in [0.5, 0.6) is 0 Å². The van der Waals surface area contributed by atoms with Crippen molar-refractivity contribution in [2.75, 3.05) is 0 Å². The van der Waals surface area contributed by atoms with E-state index in [4.69, 9.17) is 4.74 Å². The Balaban J connectivity index is 1.51. The molecule has 0 saturated heterocycles. The van der Waals surface area contributed by atoms with Crippen LogP contribution in [0.2, 0.25) is 0 Å². The predicted molar refractivity (Wildman–Crippen MR) is 87.1 cm³/mol. The molecule has 1 N–H and O–H groups in total. The smallest absolute Gasteiger partial charge is 0.0723 e. The van der Waals surface area contributed by atoms with Gasteiger partial charge in [0, 0.05) is 12.6 Å². The van der Waals surface area contributed by atoms with E-state index >= 15 is 0 Å². The molecule has 0 aromatic heterocycles.